The van der Waals surface area contributed by atoms with E-state index in [1.165, 1.54) is 4.31 Å². The summed E-state index contributed by atoms with van der Waals surface area (Å²) in [7, 11) is -3.84. The molecule has 178 valence electrons. The second-order valence-corrected chi connectivity index (χ2v) is 11.6. The molecular formula is C25H31BrN2O4S. The predicted molar refractivity (Wildman–Crippen MR) is 133 cm³/mol. The van der Waals surface area contributed by atoms with Crippen molar-refractivity contribution in [1.29, 1.82) is 0 Å². The maximum Gasteiger partial charge on any atom is 0.243 e. The summed E-state index contributed by atoms with van der Waals surface area (Å²) in [5.41, 5.74) is 1.97. The number of halogens is 1. The molecule has 2 aromatic carbocycles. The van der Waals surface area contributed by atoms with Crippen LogP contribution in [0.1, 0.15) is 51.5 Å². The van der Waals surface area contributed by atoms with Crippen LogP contribution in [0.5, 0.6) is 5.75 Å². The number of benzene rings is 2. The lowest BCUT2D eigenvalue weighted by atomic mass is 9.95. The highest BCUT2D eigenvalue weighted by atomic mass is 79.9. The lowest BCUT2D eigenvalue weighted by Crippen LogP contribution is -2.49. The molecule has 1 saturated carbocycles. The number of amides is 1. The van der Waals surface area contributed by atoms with Crippen molar-refractivity contribution < 1.29 is 17.9 Å². The van der Waals surface area contributed by atoms with Crippen LogP contribution in [-0.4, -0.2) is 43.9 Å². The molecule has 0 spiro atoms. The molecule has 0 radical (unpaired) electrons. The van der Waals surface area contributed by atoms with Crippen molar-refractivity contribution >= 4 is 37.5 Å². The Balaban J connectivity index is 1.63. The molecule has 6 nitrogen and oxygen atoms in total. The number of fused-ring (bicyclic) bond motifs is 1. The average Bonchev–Trinajstić information content (AvgIpc) is 3.13. The fourth-order valence-electron chi connectivity index (χ4n) is 4.98. The van der Waals surface area contributed by atoms with Gasteiger partial charge in [0.1, 0.15) is 5.75 Å². The van der Waals surface area contributed by atoms with Crippen LogP contribution < -0.4 is 9.64 Å². The minimum atomic E-state index is -3.84. The number of carbonyl (C=O) groups excluding carboxylic acids is 1. The quantitative estimate of drug-likeness (QED) is 0.492. The zero-order chi connectivity index (χ0) is 23.6. The second-order valence-electron chi connectivity index (χ2n) is 8.84. The highest BCUT2D eigenvalue weighted by Gasteiger charge is 2.38. The number of carbonyl (C=O) groups is 1. The molecule has 1 aliphatic heterocycles. The Morgan fingerprint density at radius 3 is 2.48 bits per heavy atom. The van der Waals surface area contributed by atoms with Crippen LogP contribution in [-0.2, 0) is 21.2 Å². The molecule has 0 N–H and O–H groups in total. The van der Waals surface area contributed by atoms with Crippen molar-refractivity contribution in [3.63, 3.8) is 0 Å². The molecule has 2 aromatic rings. The van der Waals surface area contributed by atoms with Gasteiger partial charge in [-0.25, -0.2) is 8.42 Å². The van der Waals surface area contributed by atoms with Crippen LogP contribution in [0.3, 0.4) is 0 Å². The van der Waals surface area contributed by atoms with E-state index in [1.54, 1.807) is 29.2 Å². The van der Waals surface area contributed by atoms with E-state index < -0.39 is 10.0 Å². The molecule has 33 heavy (non-hydrogen) atoms. The van der Waals surface area contributed by atoms with Crippen molar-refractivity contribution in [3.8, 4) is 5.75 Å². The fourth-order valence-corrected chi connectivity index (χ4v) is 7.02. The molecule has 0 saturated heterocycles. The summed E-state index contributed by atoms with van der Waals surface area (Å²) in [4.78, 5) is 15.5. The number of anilines is 1. The van der Waals surface area contributed by atoms with Crippen LogP contribution in [0.2, 0.25) is 0 Å². The van der Waals surface area contributed by atoms with Gasteiger partial charge in [0.2, 0.25) is 15.9 Å². The zero-order valence-corrected chi connectivity index (χ0v) is 21.6. The minimum Gasteiger partial charge on any atom is -0.494 e. The van der Waals surface area contributed by atoms with Gasteiger partial charge in [-0.3, -0.25) is 4.79 Å². The van der Waals surface area contributed by atoms with E-state index in [0.29, 0.717) is 12.4 Å². The van der Waals surface area contributed by atoms with Gasteiger partial charge in [-0.05, 0) is 81.1 Å². The Labute approximate surface area is 205 Å². The summed E-state index contributed by atoms with van der Waals surface area (Å²) in [6.07, 6.45) is 5.38. The zero-order valence-electron chi connectivity index (χ0n) is 19.2. The number of rotatable bonds is 7. The van der Waals surface area contributed by atoms with Crippen molar-refractivity contribution in [2.75, 3.05) is 18.1 Å². The highest BCUT2D eigenvalue weighted by molar-refractivity contribution is 9.10. The van der Waals surface area contributed by atoms with Gasteiger partial charge in [-0.15, -0.1) is 0 Å². The first-order chi connectivity index (χ1) is 15.8. The van der Waals surface area contributed by atoms with Crippen LogP contribution in [0.15, 0.2) is 51.8 Å². The Hall–Kier alpha value is -1.90. The average molecular weight is 536 g/mol. The molecule has 0 unspecified atom stereocenters. The Morgan fingerprint density at radius 2 is 1.82 bits per heavy atom. The van der Waals surface area contributed by atoms with E-state index in [2.05, 4.69) is 15.9 Å². The van der Waals surface area contributed by atoms with E-state index in [0.717, 1.165) is 54.2 Å². The normalized spacial score (nSPS) is 19.0. The fraction of sp³-hybridized carbons (Fsp3) is 0.480. The summed E-state index contributed by atoms with van der Waals surface area (Å²) in [6, 6.07) is 12.2. The maximum absolute atomic E-state index is 13.7. The largest absolute Gasteiger partial charge is 0.494 e. The third-order valence-electron chi connectivity index (χ3n) is 6.54. The first-order valence-corrected chi connectivity index (χ1v) is 13.9. The first-order valence-electron chi connectivity index (χ1n) is 11.7. The predicted octanol–water partition coefficient (Wildman–Crippen LogP) is 5.15. The molecule has 1 aliphatic carbocycles. The van der Waals surface area contributed by atoms with E-state index in [1.807, 2.05) is 32.0 Å². The molecule has 2 aliphatic rings. The molecule has 1 fully saturated rings. The van der Waals surface area contributed by atoms with E-state index in [9.17, 15) is 13.2 Å². The maximum atomic E-state index is 13.7. The second kappa shape index (κ2) is 10.2. The highest BCUT2D eigenvalue weighted by Crippen LogP contribution is 2.35. The first kappa shape index (κ1) is 24.2. The lowest BCUT2D eigenvalue weighted by molar-refractivity contribution is -0.119. The Morgan fingerprint density at radius 1 is 1.12 bits per heavy atom. The van der Waals surface area contributed by atoms with Crippen molar-refractivity contribution in [2.45, 2.75) is 69.4 Å². The van der Waals surface area contributed by atoms with Gasteiger partial charge in [0.25, 0.3) is 0 Å². The molecule has 1 heterocycles. The summed E-state index contributed by atoms with van der Waals surface area (Å²) in [6.45, 7) is 4.26. The Kier molecular flexibility index (Phi) is 7.46. The molecule has 0 bridgehead atoms. The molecule has 8 heteroatoms. The van der Waals surface area contributed by atoms with Gasteiger partial charge in [-0.2, -0.15) is 4.31 Å². The topological polar surface area (TPSA) is 66.9 Å². The molecular weight excluding hydrogens is 504 g/mol. The van der Waals surface area contributed by atoms with Gasteiger partial charge in [-0.1, -0.05) is 35.2 Å². The summed E-state index contributed by atoms with van der Waals surface area (Å²) in [5.74, 6) is 0.453. The third-order valence-corrected chi connectivity index (χ3v) is 8.95. The SMILES string of the molecule is CCOc1ccc(S(=O)(=O)N(CC(=O)N2c3ccc(Br)cc3C[C@@H]2C)C2CCCCC2)cc1. The van der Waals surface area contributed by atoms with E-state index in [4.69, 9.17) is 4.74 Å². The summed E-state index contributed by atoms with van der Waals surface area (Å²) in [5, 5.41) is 0. The van der Waals surface area contributed by atoms with Gasteiger partial charge in [0.05, 0.1) is 18.0 Å². The molecule has 0 aromatic heterocycles. The van der Waals surface area contributed by atoms with Gasteiger partial charge < -0.3 is 9.64 Å². The standard InChI is InChI=1S/C25H31BrN2O4S/c1-3-32-22-10-12-23(13-11-22)33(30,31)27(21-7-5-4-6-8-21)17-25(29)28-18(2)15-19-16-20(26)9-14-24(19)28/h9-14,16,18,21H,3-8,15,17H2,1-2H3/t18-/m0/s1. The number of hydrogen-bond acceptors (Lipinski definition) is 4. The lowest BCUT2D eigenvalue weighted by Gasteiger charge is -2.34. The number of sulfonamides is 1. The smallest absolute Gasteiger partial charge is 0.243 e. The minimum absolute atomic E-state index is 0.0109. The summed E-state index contributed by atoms with van der Waals surface area (Å²) >= 11 is 3.50. The van der Waals surface area contributed by atoms with Crippen LogP contribution in [0, 0.1) is 0 Å². The van der Waals surface area contributed by atoms with E-state index >= 15 is 0 Å². The van der Waals surface area contributed by atoms with Crippen LogP contribution >= 0.6 is 15.9 Å². The monoisotopic (exact) mass is 534 g/mol. The van der Waals surface area contributed by atoms with Crippen molar-refractivity contribution in [3.05, 3.63) is 52.5 Å². The third kappa shape index (κ3) is 5.12. The van der Waals surface area contributed by atoms with Crippen LogP contribution in [0.4, 0.5) is 5.69 Å². The van der Waals surface area contributed by atoms with Crippen molar-refractivity contribution in [2.24, 2.45) is 0 Å². The summed E-state index contributed by atoms with van der Waals surface area (Å²) < 4.78 is 35.4. The Bertz CT molecular complexity index is 1100. The molecule has 4 rings (SSSR count). The van der Waals surface area contributed by atoms with Crippen LogP contribution in [0.25, 0.3) is 0 Å². The van der Waals surface area contributed by atoms with Gasteiger partial charge in [0, 0.05) is 22.2 Å². The number of hydrogen-bond donors (Lipinski definition) is 0. The van der Waals surface area contributed by atoms with Crippen molar-refractivity contribution in [1.82, 2.24) is 4.31 Å². The van der Waals surface area contributed by atoms with Gasteiger partial charge in [0.15, 0.2) is 0 Å². The molecule has 1 atom stereocenters. The number of ether oxygens (including phenoxy) is 1. The number of nitrogens with zero attached hydrogens (tertiary/aromatic N) is 2. The van der Waals surface area contributed by atoms with Gasteiger partial charge >= 0.3 is 0 Å². The van der Waals surface area contributed by atoms with E-state index in [-0.39, 0.29) is 29.4 Å². The molecule has 1 amide bonds.